The fraction of sp³-hybridized carbons (Fsp3) is 0.615. The first kappa shape index (κ1) is 27.8. The van der Waals surface area contributed by atoms with Gasteiger partial charge in [-0.25, -0.2) is 5.48 Å². The predicted octanol–water partition coefficient (Wildman–Crippen LogP) is 2.94. The fourth-order valence-corrected chi connectivity index (χ4v) is 3.65. The monoisotopic (exact) mass is 474 g/mol. The quantitative estimate of drug-likeness (QED) is 0.161. The van der Waals surface area contributed by atoms with Crippen molar-refractivity contribution in [1.82, 2.24) is 21.0 Å². The molecule has 2 unspecified atom stereocenters. The molecular formula is C26H42N4O4. The second-order valence-corrected chi connectivity index (χ2v) is 9.06. The Kier molecular flexibility index (Phi) is 12.7. The Morgan fingerprint density at radius 2 is 1.85 bits per heavy atom. The van der Waals surface area contributed by atoms with Crippen LogP contribution in [-0.4, -0.2) is 58.8 Å². The van der Waals surface area contributed by atoms with Gasteiger partial charge in [0.1, 0.15) is 6.04 Å². The molecule has 0 spiro atoms. The Balaban J connectivity index is 0.00000126. The van der Waals surface area contributed by atoms with Crippen LogP contribution in [0.25, 0.3) is 5.70 Å². The van der Waals surface area contributed by atoms with Gasteiger partial charge >= 0.3 is 0 Å². The molecule has 1 aromatic carbocycles. The van der Waals surface area contributed by atoms with Crippen LogP contribution in [0.2, 0.25) is 0 Å². The van der Waals surface area contributed by atoms with Crippen LogP contribution in [0.4, 0.5) is 0 Å². The molecule has 1 saturated carbocycles. The van der Waals surface area contributed by atoms with E-state index in [0.717, 1.165) is 63.0 Å². The zero-order valence-electron chi connectivity index (χ0n) is 20.5. The van der Waals surface area contributed by atoms with Gasteiger partial charge in [-0.15, -0.1) is 0 Å². The SMILES string of the molecule is C1CC1.C=C(NC(C(=O)NO)C(O)CCCC)c1ccc(CNCCCN2CCCC2=O)cc1. The van der Waals surface area contributed by atoms with Crippen LogP contribution < -0.4 is 16.1 Å². The van der Waals surface area contributed by atoms with E-state index in [2.05, 4.69) is 17.2 Å². The molecule has 0 aromatic heterocycles. The zero-order chi connectivity index (χ0) is 24.8. The number of hydrogen-bond donors (Lipinski definition) is 5. The molecule has 2 fully saturated rings. The number of rotatable bonds is 14. The Morgan fingerprint density at radius 3 is 2.41 bits per heavy atom. The maximum atomic E-state index is 12.0. The van der Waals surface area contributed by atoms with Crippen molar-refractivity contribution in [2.75, 3.05) is 19.6 Å². The van der Waals surface area contributed by atoms with E-state index in [9.17, 15) is 14.7 Å². The Morgan fingerprint density at radius 1 is 1.15 bits per heavy atom. The number of nitrogens with one attached hydrogen (secondary N) is 3. The highest BCUT2D eigenvalue weighted by molar-refractivity contribution is 5.83. The van der Waals surface area contributed by atoms with Gasteiger partial charge in [0.2, 0.25) is 5.91 Å². The van der Waals surface area contributed by atoms with Crippen LogP contribution >= 0.6 is 0 Å². The van der Waals surface area contributed by atoms with Crippen LogP contribution in [0.3, 0.4) is 0 Å². The minimum absolute atomic E-state index is 0.265. The lowest BCUT2D eigenvalue weighted by Gasteiger charge is -2.24. The van der Waals surface area contributed by atoms with Crippen molar-refractivity contribution in [2.24, 2.45) is 0 Å². The molecule has 1 aliphatic carbocycles. The molecule has 3 rings (SSSR count). The van der Waals surface area contributed by atoms with E-state index >= 15 is 0 Å². The summed E-state index contributed by atoms with van der Waals surface area (Å²) in [5, 5.41) is 25.6. The van der Waals surface area contributed by atoms with E-state index in [0.29, 0.717) is 18.5 Å². The minimum atomic E-state index is -0.979. The number of hydrogen-bond acceptors (Lipinski definition) is 6. The smallest absolute Gasteiger partial charge is 0.268 e. The van der Waals surface area contributed by atoms with Gasteiger partial charge < -0.3 is 20.6 Å². The number of likely N-dealkylation sites (tertiary alicyclic amines) is 1. The molecule has 1 aliphatic heterocycles. The second kappa shape index (κ2) is 15.5. The summed E-state index contributed by atoms with van der Waals surface area (Å²) < 4.78 is 0. The third-order valence-corrected chi connectivity index (χ3v) is 5.90. The van der Waals surface area contributed by atoms with Crippen LogP contribution in [0, 0.1) is 0 Å². The summed E-state index contributed by atoms with van der Waals surface area (Å²) in [6, 6.07) is 6.79. The standard InChI is InChI=1S/C23H36N4O4.C3H6/c1-3-4-7-20(28)22(23(30)26-31)25-17(2)19-11-9-18(10-12-19)16-24-13-6-15-27-14-5-8-21(27)29;1-2-3-1/h9-12,20,22,24-25,28,31H,2-8,13-16H2,1H3,(H,26,30);1-3H2. The molecule has 8 nitrogen and oxygen atoms in total. The van der Waals surface area contributed by atoms with Crippen molar-refractivity contribution >= 4 is 17.5 Å². The van der Waals surface area contributed by atoms with E-state index in [4.69, 9.17) is 5.21 Å². The molecule has 2 atom stereocenters. The first-order valence-corrected chi connectivity index (χ1v) is 12.6. The van der Waals surface area contributed by atoms with E-state index in [1.807, 2.05) is 36.1 Å². The lowest BCUT2D eigenvalue weighted by Crippen LogP contribution is -2.49. The number of carbonyl (C=O) groups excluding carboxylic acids is 2. The van der Waals surface area contributed by atoms with Crippen molar-refractivity contribution < 1.29 is 19.9 Å². The molecule has 0 radical (unpaired) electrons. The highest BCUT2D eigenvalue weighted by Crippen LogP contribution is 2.15. The summed E-state index contributed by atoms with van der Waals surface area (Å²) in [4.78, 5) is 25.5. The third-order valence-electron chi connectivity index (χ3n) is 5.90. The van der Waals surface area contributed by atoms with Gasteiger partial charge in [0, 0.05) is 31.8 Å². The van der Waals surface area contributed by atoms with Gasteiger partial charge in [-0.2, -0.15) is 0 Å². The normalized spacial score (nSPS) is 16.3. The second-order valence-electron chi connectivity index (χ2n) is 9.06. The van der Waals surface area contributed by atoms with Gasteiger partial charge in [-0.1, -0.05) is 69.9 Å². The molecule has 2 amide bonds. The summed E-state index contributed by atoms with van der Waals surface area (Å²) in [6.45, 7) is 9.23. The number of nitrogens with zero attached hydrogens (tertiary/aromatic N) is 1. The highest BCUT2D eigenvalue weighted by Gasteiger charge is 2.26. The van der Waals surface area contributed by atoms with Crippen molar-refractivity contribution in [3.05, 3.63) is 42.0 Å². The Hall–Kier alpha value is -2.42. The predicted molar refractivity (Wildman–Crippen MR) is 134 cm³/mol. The molecule has 5 N–H and O–H groups in total. The number of aliphatic hydroxyl groups is 1. The Bertz CT molecular complexity index is 764. The lowest BCUT2D eigenvalue weighted by atomic mass is 10.0. The molecular weight excluding hydrogens is 432 g/mol. The molecule has 0 bridgehead atoms. The van der Waals surface area contributed by atoms with E-state index in [1.54, 1.807) is 5.48 Å². The van der Waals surface area contributed by atoms with Gasteiger partial charge in [0.25, 0.3) is 5.91 Å². The fourth-order valence-electron chi connectivity index (χ4n) is 3.65. The average molecular weight is 475 g/mol. The van der Waals surface area contributed by atoms with Crippen LogP contribution in [-0.2, 0) is 16.1 Å². The molecule has 1 heterocycles. The number of unbranched alkanes of at least 4 members (excludes halogenated alkanes) is 1. The number of amides is 2. The Labute approximate surface area is 203 Å². The molecule has 34 heavy (non-hydrogen) atoms. The summed E-state index contributed by atoms with van der Waals surface area (Å²) in [6.07, 6.45) is 8.29. The highest BCUT2D eigenvalue weighted by atomic mass is 16.5. The van der Waals surface area contributed by atoms with Crippen molar-refractivity contribution in [1.29, 1.82) is 0 Å². The van der Waals surface area contributed by atoms with Crippen LogP contribution in [0.1, 0.15) is 75.8 Å². The van der Waals surface area contributed by atoms with Gasteiger partial charge in [-0.3, -0.25) is 14.8 Å². The average Bonchev–Trinajstić information content (AvgIpc) is 3.69. The first-order chi connectivity index (χ1) is 16.5. The van der Waals surface area contributed by atoms with E-state index < -0.39 is 18.1 Å². The van der Waals surface area contributed by atoms with Crippen LogP contribution in [0.5, 0.6) is 0 Å². The number of benzene rings is 1. The zero-order valence-corrected chi connectivity index (χ0v) is 20.5. The summed E-state index contributed by atoms with van der Waals surface area (Å²) in [7, 11) is 0. The van der Waals surface area contributed by atoms with Crippen molar-refractivity contribution in [2.45, 2.75) is 83.4 Å². The molecule has 1 aromatic rings. The largest absolute Gasteiger partial charge is 0.390 e. The lowest BCUT2D eigenvalue weighted by molar-refractivity contribution is -0.134. The van der Waals surface area contributed by atoms with Gasteiger partial charge in [0.15, 0.2) is 0 Å². The molecule has 8 heteroatoms. The number of carbonyl (C=O) groups is 2. The summed E-state index contributed by atoms with van der Waals surface area (Å²) in [5.41, 5.74) is 4.02. The van der Waals surface area contributed by atoms with Crippen molar-refractivity contribution in [3.63, 3.8) is 0 Å². The first-order valence-electron chi connectivity index (χ1n) is 12.6. The summed E-state index contributed by atoms with van der Waals surface area (Å²) >= 11 is 0. The van der Waals surface area contributed by atoms with E-state index in [1.165, 1.54) is 19.3 Å². The van der Waals surface area contributed by atoms with Gasteiger partial charge in [-0.05, 0) is 36.9 Å². The topological polar surface area (TPSA) is 114 Å². The molecule has 190 valence electrons. The van der Waals surface area contributed by atoms with Gasteiger partial charge in [0.05, 0.1) is 6.10 Å². The third kappa shape index (κ3) is 10.2. The maximum Gasteiger partial charge on any atom is 0.268 e. The minimum Gasteiger partial charge on any atom is -0.390 e. The summed E-state index contributed by atoms with van der Waals surface area (Å²) in [5.74, 6) is -0.428. The van der Waals surface area contributed by atoms with Crippen LogP contribution in [0.15, 0.2) is 30.8 Å². The number of hydroxylamine groups is 1. The van der Waals surface area contributed by atoms with E-state index in [-0.39, 0.29) is 5.91 Å². The number of aliphatic hydroxyl groups excluding tert-OH is 1. The van der Waals surface area contributed by atoms with Crippen molar-refractivity contribution in [3.8, 4) is 0 Å². The molecule has 1 saturated heterocycles. The maximum absolute atomic E-state index is 12.0. The molecule has 2 aliphatic rings.